The van der Waals surface area contributed by atoms with Crippen LogP contribution in [0.4, 0.5) is 17.6 Å². The smallest absolute Gasteiger partial charge is 0.132 e. The zero-order valence-corrected chi connectivity index (χ0v) is 18.9. The van der Waals surface area contributed by atoms with E-state index in [-0.39, 0.29) is 21.2 Å². The van der Waals surface area contributed by atoms with Crippen molar-refractivity contribution in [3.8, 4) is 0 Å². The summed E-state index contributed by atoms with van der Waals surface area (Å²) >= 11 is 0. The van der Waals surface area contributed by atoms with Gasteiger partial charge >= 0.3 is 0 Å². The van der Waals surface area contributed by atoms with Crippen molar-refractivity contribution in [1.29, 1.82) is 0 Å². The van der Waals surface area contributed by atoms with E-state index < -0.39 is 39.4 Å². The summed E-state index contributed by atoms with van der Waals surface area (Å²) in [5.41, 5.74) is 0. The molecule has 0 spiro atoms. The minimum Gasteiger partial charge on any atom is -0.248 e. The van der Waals surface area contributed by atoms with E-state index in [1.165, 1.54) is 24.3 Å². The molecule has 0 aliphatic carbocycles. The molecule has 0 N–H and O–H groups in total. The molecule has 4 rings (SSSR count). The van der Waals surface area contributed by atoms with Crippen LogP contribution in [-0.4, -0.2) is 11.5 Å². The lowest BCUT2D eigenvalue weighted by atomic mass is 10.3. The quantitative estimate of drug-likeness (QED) is 0.263. The van der Waals surface area contributed by atoms with Crippen LogP contribution in [0.3, 0.4) is 0 Å². The average Bonchev–Trinajstić information content (AvgIpc) is 2.79. The Hall–Kier alpha value is -2.58. The van der Waals surface area contributed by atoms with Crippen molar-refractivity contribution in [3.05, 3.63) is 120 Å². The molecule has 4 aromatic rings. The van der Waals surface area contributed by atoms with E-state index in [4.69, 9.17) is 0 Å². The fourth-order valence-corrected chi connectivity index (χ4v) is 9.12. The fraction of sp³-hybridized carbons (Fsp3) is 0.0400. The van der Waals surface area contributed by atoms with Crippen LogP contribution in [0.5, 0.6) is 0 Å². The van der Waals surface area contributed by atoms with E-state index in [1.54, 1.807) is 84.3 Å². The maximum absolute atomic E-state index is 15.0. The first-order valence-electron chi connectivity index (χ1n) is 9.81. The molecule has 0 radical (unpaired) electrons. The Labute approximate surface area is 187 Å². The molecule has 1 nitrogen and oxygen atoms in total. The SMILES string of the molecule is CN(P(c1ccccc1F)c1ccccc1F)P(c1ccccc1F)c1ccccc1F. The number of nitrogens with zero attached hydrogens (tertiary/aromatic N) is 1. The second kappa shape index (κ2) is 9.92. The summed E-state index contributed by atoms with van der Waals surface area (Å²) in [4.78, 5) is 0. The molecule has 0 heterocycles. The van der Waals surface area contributed by atoms with Gasteiger partial charge in [-0.25, -0.2) is 22.0 Å². The van der Waals surface area contributed by atoms with Crippen molar-refractivity contribution < 1.29 is 17.6 Å². The van der Waals surface area contributed by atoms with Gasteiger partial charge in [0.15, 0.2) is 0 Å². The van der Waals surface area contributed by atoms with Crippen LogP contribution >= 0.6 is 16.1 Å². The number of hydrogen-bond donors (Lipinski definition) is 0. The first-order valence-corrected chi connectivity index (χ1v) is 12.4. The molecule has 0 aliphatic heterocycles. The zero-order chi connectivity index (χ0) is 22.7. The molecule has 0 atom stereocenters. The molecule has 0 amide bonds. The highest BCUT2D eigenvalue weighted by Crippen LogP contribution is 2.54. The van der Waals surface area contributed by atoms with Gasteiger partial charge in [-0.2, -0.15) is 0 Å². The first kappa shape index (κ1) is 22.6. The lowest BCUT2D eigenvalue weighted by Gasteiger charge is -2.36. The Balaban J connectivity index is 1.96. The molecular formula is C25H19F4NP2. The summed E-state index contributed by atoms with van der Waals surface area (Å²) in [6, 6.07) is 24.6. The highest BCUT2D eigenvalue weighted by molar-refractivity contribution is 7.84. The van der Waals surface area contributed by atoms with Crippen LogP contribution in [-0.2, 0) is 0 Å². The monoisotopic (exact) mass is 471 g/mol. The molecule has 0 fully saturated rings. The minimum atomic E-state index is -1.79. The predicted molar refractivity (Wildman–Crippen MR) is 126 cm³/mol. The van der Waals surface area contributed by atoms with E-state index in [0.717, 1.165) is 0 Å². The van der Waals surface area contributed by atoms with E-state index in [1.807, 2.05) is 0 Å². The molecule has 4 aromatic carbocycles. The van der Waals surface area contributed by atoms with Crippen molar-refractivity contribution in [2.75, 3.05) is 7.05 Å². The Kier molecular flexibility index (Phi) is 7.01. The number of halogens is 4. The normalized spacial score (nSPS) is 11.5. The number of rotatable bonds is 6. The molecule has 0 bridgehead atoms. The van der Waals surface area contributed by atoms with Gasteiger partial charge in [0.05, 0.1) is 0 Å². The third-order valence-corrected chi connectivity index (χ3v) is 10.4. The fourth-order valence-electron chi connectivity index (χ4n) is 3.47. The summed E-state index contributed by atoms with van der Waals surface area (Å²) < 4.78 is 61.6. The second-order valence-electron chi connectivity index (χ2n) is 6.92. The van der Waals surface area contributed by atoms with Crippen molar-refractivity contribution in [2.24, 2.45) is 0 Å². The molecule has 0 aliphatic rings. The van der Waals surface area contributed by atoms with E-state index >= 15 is 0 Å². The van der Waals surface area contributed by atoms with Gasteiger partial charge in [0, 0.05) is 37.4 Å². The Morgan fingerprint density at radius 1 is 0.438 bits per heavy atom. The lowest BCUT2D eigenvalue weighted by Crippen LogP contribution is -2.33. The summed E-state index contributed by atoms with van der Waals surface area (Å²) in [5, 5.41) is 1.15. The molecule has 7 heteroatoms. The highest BCUT2D eigenvalue weighted by Gasteiger charge is 2.34. The Morgan fingerprint density at radius 3 is 0.875 bits per heavy atom. The van der Waals surface area contributed by atoms with Gasteiger partial charge in [0.1, 0.15) is 23.3 Å². The van der Waals surface area contributed by atoms with Gasteiger partial charge in [0.2, 0.25) is 0 Å². The van der Waals surface area contributed by atoms with Crippen LogP contribution in [0.15, 0.2) is 97.1 Å². The zero-order valence-electron chi connectivity index (χ0n) is 17.1. The summed E-state index contributed by atoms with van der Waals surface area (Å²) in [5.74, 6) is -1.98. The molecule has 162 valence electrons. The maximum Gasteiger partial charge on any atom is 0.132 e. The largest absolute Gasteiger partial charge is 0.248 e. The van der Waals surface area contributed by atoms with Gasteiger partial charge < -0.3 is 0 Å². The van der Waals surface area contributed by atoms with Crippen LogP contribution in [0, 0.1) is 23.3 Å². The third-order valence-electron chi connectivity index (χ3n) is 4.90. The van der Waals surface area contributed by atoms with Crippen LogP contribution in [0.25, 0.3) is 0 Å². The number of benzene rings is 4. The summed E-state index contributed by atoms with van der Waals surface area (Å²) in [7, 11) is -1.90. The van der Waals surface area contributed by atoms with Crippen molar-refractivity contribution in [1.82, 2.24) is 4.44 Å². The standard InChI is InChI=1S/C25H19F4NP2/c1-30(31(22-14-6-2-10-18(22)26)23-15-7-3-11-19(23)27)32(24-16-8-4-12-20(24)28)25-17-9-5-13-21(25)29/h2-17H,1H3. The third kappa shape index (κ3) is 4.47. The molecular weight excluding hydrogens is 452 g/mol. The van der Waals surface area contributed by atoms with Crippen LogP contribution < -0.4 is 21.2 Å². The summed E-state index contributed by atoms with van der Waals surface area (Å²) in [6.45, 7) is 0. The maximum atomic E-state index is 15.0. The van der Waals surface area contributed by atoms with Crippen molar-refractivity contribution >= 4 is 37.4 Å². The first-order chi connectivity index (χ1) is 15.5. The highest BCUT2D eigenvalue weighted by atomic mass is 31.2. The van der Waals surface area contributed by atoms with Crippen LogP contribution in [0.1, 0.15) is 0 Å². The Morgan fingerprint density at radius 2 is 0.656 bits per heavy atom. The predicted octanol–water partition coefficient (Wildman–Crippen LogP) is 5.57. The Bertz CT molecular complexity index is 1050. The van der Waals surface area contributed by atoms with Gasteiger partial charge in [-0.3, -0.25) is 0 Å². The number of hydrogen-bond acceptors (Lipinski definition) is 1. The molecule has 0 aromatic heterocycles. The van der Waals surface area contributed by atoms with E-state index in [2.05, 4.69) is 0 Å². The topological polar surface area (TPSA) is 3.24 Å². The minimum absolute atomic E-state index is 0.287. The van der Waals surface area contributed by atoms with Crippen LogP contribution in [0.2, 0.25) is 0 Å². The average molecular weight is 471 g/mol. The second-order valence-corrected chi connectivity index (χ2v) is 11.6. The van der Waals surface area contributed by atoms with E-state index in [9.17, 15) is 17.6 Å². The molecule has 0 saturated carbocycles. The van der Waals surface area contributed by atoms with Gasteiger partial charge in [0.25, 0.3) is 0 Å². The molecule has 0 saturated heterocycles. The summed E-state index contributed by atoms with van der Waals surface area (Å²) in [6.07, 6.45) is 0. The van der Waals surface area contributed by atoms with E-state index in [0.29, 0.717) is 0 Å². The van der Waals surface area contributed by atoms with Gasteiger partial charge in [-0.1, -0.05) is 48.5 Å². The van der Waals surface area contributed by atoms with Gasteiger partial charge in [-0.15, -0.1) is 0 Å². The molecule has 0 unspecified atom stereocenters. The lowest BCUT2D eigenvalue weighted by molar-refractivity contribution is 0.631. The van der Waals surface area contributed by atoms with Crippen molar-refractivity contribution in [2.45, 2.75) is 0 Å². The van der Waals surface area contributed by atoms with Gasteiger partial charge in [-0.05, 0) is 55.6 Å². The molecule has 32 heavy (non-hydrogen) atoms. The van der Waals surface area contributed by atoms with Crippen molar-refractivity contribution in [3.63, 3.8) is 0 Å².